The fourth-order valence-electron chi connectivity index (χ4n) is 2.40. The van der Waals surface area contributed by atoms with E-state index >= 15 is 0 Å². The molecule has 0 fully saturated rings. The number of carbonyl (C=O) groups excluding carboxylic acids is 1. The number of benzene rings is 2. The number of ether oxygens (including phenoxy) is 1. The lowest BCUT2D eigenvalue weighted by Crippen LogP contribution is -2.33. The van der Waals surface area contributed by atoms with Crippen LogP contribution < -0.4 is 5.32 Å². The van der Waals surface area contributed by atoms with E-state index in [-0.39, 0.29) is 17.7 Å². The molecule has 0 aromatic heterocycles. The zero-order valence-electron chi connectivity index (χ0n) is 13.9. The van der Waals surface area contributed by atoms with Gasteiger partial charge in [-0.25, -0.2) is 9.18 Å². The molecular formula is C19H20BrClFNO2. The Kier molecular flexibility index (Phi) is 7.72. The van der Waals surface area contributed by atoms with E-state index in [4.69, 9.17) is 16.3 Å². The lowest BCUT2D eigenvalue weighted by Gasteiger charge is -2.14. The summed E-state index contributed by atoms with van der Waals surface area (Å²) in [6.07, 6.45) is 1.95. The Morgan fingerprint density at radius 1 is 1.28 bits per heavy atom. The molecule has 0 saturated carbocycles. The molecular weight excluding hydrogens is 409 g/mol. The summed E-state index contributed by atoms with van der Waals surface area (Å²) in [6.45, 7) is 2.18. The summed E-state index contributed by atoms with van der Waals surface area (Å²) in [4.78, 5) is 11.8. The van der Waals surface area contributed by atoms with E-state index in [1.165, 1.54) is 0 Å². The van der Waals surface area contributed by atoms with Gasteiger partial charge >= 0.3 is 6.09 Å². The second-order valence-corrected chi connectivity index (χ2v) is 7.13. The first-order valence-electron chi connectivity index (χ1n) is 8.06. The van der Waals surface area contributed by atoms with Crippen LogP contribution in [0.4, 0.5) is 9.18 Å². The van der Waals surface area contributed by atoms with Gasteiger partial charge in [0.15, 0.2) is 5.82 Å². The molecule has 2 aromatic carbocycles. The number of carbonyl (C=O) groups is 1. The van der Waals surface area contributed by atoms with E-state index < -0.39 is 11.9 Å². The summed E-state index contributed by atoms with van der Waals surface area (Å²) in [7, 11) is 0. The molecule has 25 heavy (non-hydrogen) atoms. The molecule has 0 aliphatic carbocycles. The third-order valence-corrected chi connectivity index (χ3v) is 4.58. The SMILES string of the molecule is C[C@@H](CCCc1cc(Cl)c(F)c(Br)c1)NC(=O)OCc1ccccc1. The Hall–Kier alpha value is -1.59. The Balaban J connectivity index is 1.70. The number of aryl methyl sites for hydroxylation is 1. The molecule has 134 valence electrons. The average molecular weight is 429 g/mol. The van der Waals surface area contributed by atoms with Crippen molar-refractivity contribution >= 4 is 33.6 Å². The van der Waals surface area contributed by atoms with Crippen molar-refractivity contribution in [3.63, 3.8) is 0 Å². The molecule has 0 aliphatic heterocycles. The minimum Gasteiger partial charge on any atom is -0.445 e. The van der Waals surface area contributed by atoms with Crippen molar-refractivity contribution in [1.82, 2.24) is 5.32 Å². The maximum atomic E-state index is 13.5. The van der Waals surface area contributed by atoms with Crippen LogP contribution in [0.1, 0.15) is 30.9 Å². The smallest absolute Gasteiger partial charge is 0.407 e. The van der Waals surface area contributed by atoms with E-state index in [1.807, 2.05) is 37.3 Å². The van der Waals surface area contributed by atoms with Gasteiger partial charge in [-0.1, -0.05) is 41.9 Å². The Bertz CT molecular complexity index is 689. The Morgan fingerprint density at radius 2 is 2.00 bits per heavy atom. The zero-order valence-corrected chi connectivity index (χ0v) is 16.2. The van der Waals surface area contributed by atoms with Gasteiger partial charge in [0.1, 0.15) is 6.61 Å². The minimum atomic E-state index is -0.443. The van der Waals surface area contributed by atoms with Crippen LogP contribution in [0, 0.1) is 5.82 Å². The predicted octanol–water partition coefficient (Wildman–Crippen LogP) is 5.88. The summed E-state index contributed by atoms with van der Waals surface area (Å²) in [5.74, 6) is -0.443. The van der Waals surface area contributed by atoms with Crippen molar-refractivity contribution in [3.05, 3.63) is 68.9 Å². The molecule has 1 amide bonds. The Morgan fingerprint density at radius 3 is 2.68 bits per heavy atom. The summed E-state index contributed by atoms with van der Waals surface area (Å²) in [5, 5.41) is 2.92. The molecule has 2 rings (SSSR count). The summed E-state index contributed by atoms with van der Waals surface area (Å²) < 4.78 is 19.0. The molecule has 1 atom stereocenters. The second kappa shape index (κ2) is 9.78. The van der Waals surface area contributed by atoms with Gasteiger partial charge in [0, 0.05) is 6.04 Å². The standard InChI is InChI=1S/C19H20BrClFNO2/c1-13(23-19(24)25-12-14-7-3-2-4-8-14)6-5-9-15-10-16(20)18(22)17(21)11-15/h2-4,7-8,10-11,13H,5-6,9,12H2,1H3,(H,23,24)/t13-/m0/s1. The van der Waals surface area contributed by atoms with E-state index in [0.29, 0.717) is 4.47 Å². The quantitative estimate of drug-likeness (QED) is 0.559. The molecule has 0 aliphatic rings. The zero-order chi connectivity index (χ0) is 18.2. The maximum Gasteiger partial charge on any atom is 0.407 e. The highest BCUT2D eigenvalue weighted by Crippen LogP contribution is 2.26. The predicted molar refractivity (Wildman–Crippen MR) is 101 cm³/mol. The van der Waals surface area contributed by atoms with Gasteiger partial charge in [0.2, 0.25) is 0 Å². The second-order valence-electron chi connectivity index (χ2n) is 5.87. The molecule has 0 bridgehead atoms. The highest BCUT2D eigenvalue weighted by molar-refractivity contribution is 9.10. The number of hydrogen-bond acceptors (Lipinski definition) is 2. The van der Waals surface area contributed by atoms with Gasteiger partial charge in [-0.15, -0.1) is 0 Å². The van der Waals surface area contributed by atoms with Crippen molar-refractivity contribution < 1.29 is 13.9 Å². The molecule has 6 heteroatoms. The highest BCUT2D eigenvalue weighted by atomic mass is 79.9. The lowest BCUT2D eigenvalue weighted by molar-refractivity contribution is 0.136. The molecule has 0 spiro atoms. The van der Waals surface area contributed by atoms with Crippen molar-refractivity contribution in [1.29, 1.82) is 0 Å². The van der Waals surface area contributed by atoms with Gasteiger partial charge in [0.05, 0.1) is 9.50 Å². The molecule has 2 aromatic rings. The van der Waals surface area contributed by atoms with Crippen molar-refractivity contribution in [3.8, 4) is 0 Å². The summed E-state index contributed by atoms with van der Waals surface area (Å²) >= 11 is 8.99. The van der Waals surface area contributed by atoms with E-state index in [9.17, 15) is 9.18 Å². The molecule has 1 N–H and O–H groups in total. The summed E-state index contributed by atoms with van der Waals surface area (Å²) in [6, 6.07) is 12.9. The number of alkyl carbamates (subject to hydrolysis) is 1. The first-order chi connectivity index (χ1) is 12.0. The molecule has 0 heterocycles. The van der Waals surface area contributed by atoms with Crippen LogP contribution in [0.15, 0.2) is 46.9 Å². The first-order valence-corrected chi connectivity index (χ1v) is 9.23. The molecule has 0 unspecified atom stereocenters. The van der Waals surface area contributed by atoms with E-state index in [1.54, 1.807) is 12.1 Å². The lowest BCUT2D eigenvalue weighted by atomic mass is 10.1. The number of rotatable bonds is 7. The Labute approximate surface area is 160 Å². The molecule has 0 saturated heterocycles. The van der Waals surface area contributed by atoms with Gasteiger partial charge in [-0.2, -0.15) is 0 Å². The third-order valence-electron chi connectivity index (χ3n) is 3.72. The van der Waals surface area contributed by atoms with E-state index in [0.717, 1.165) is 30.4 Å². The largest absolute Gasteiger partial charge is 0.445 e. The van der Waals surface area contributed by atoms with Crippen LogP contribution in [0.3, 0.4) is 0 Å². The van der Waals surface area contributed by atoms with Crippen LogP contribution in [0.25, 0.3) is 0 Å². The number of halogens is 3. The fraction of sp³-hybridized carbons (Fsp3) is 0.316. The molecule has 3 nitrogen and oxygen atoms in total. The minimum absolute atomic E-state index is 0.0114. The fourth-order valence-corrected chi connectivity index (χ4v) is 3.27. The van der Waals surface area contributed by atoms with Crippen LogP contribution in [0.5, 0.6) is 0 Å². The van der Waals surface area contributed by atoms with E-state index in [2.05, 4.69) is 21.2 Å². The first kappa shape index (κ1) is 19.7. The normalized spacial score (nSPS) is 11.8. The van der Waals surface area contributed by atoms with Crippen LogP contribution >= 0.6 is 27.5 Å². The van der Waals surface area contributed by atoms with Crippen molar-refractivity contribution in [2.75, 3.05) is 0 Å². The van der Waals surface area contributed by atoms with Crippen LogP contribution in [0.2, 0.25) is 5.02 Å². The monoisotopic (exact) mass is 427 g/mol. The number of amides is 1. The highest BCUT2D eigenvalue weighted by Gasteiger charge is 2.10. The average Bonchev–Trinajstić information content (AvgIpc) is 2.58. The maximum absolute atomic E-state index is 13.5. The van der Waals surface area contributed by atoms with Crippen molar-refractivity contribution in [2.24, 2.45) is 0 Å². The van der Waals surface area contributed by atoms with Crippen LogP contribution in [-0.2, 0) is 17.8 Å². The molecule has 0 radical (unpaired) electrons. The number of hydrogen-bond donors (Lipinski definition) is 1. The van der Waals surface area contributed by atoms with Gasteiger partial charge in [0.25, 0.3) is 0 Å². The van der Waals surface area contributed by atoms with Gasteiger partial charge in [-0.3, -0.25) is 0 Å². The number of nitrogens with one attached hydrogen (secondary N) is 1. The third kappa shape index (κ3) is 6.67. The summed E-state index contributed by atoms with van der Waals surface area (Å²) in [5.41, 5.74) is 1.90. The van der Waals surface area contributed by atoms with Crippen LogP contribution in [-0.4, -0.2) is 12.1 Å². The van der Waals surface area contributed by atoms with Crippen molar-refractivity contribution in [2.45, 2.75) is 38.8 Å². The van der Waals surface area contributed by atoms with Gasteiger partial charge in [-0.05, 0) is 65.4 Å². The van der Waals surface area contributed by atoms with Gasteiger partial charge < -0.3 is 10.1 Å². The topological polar surface area (TPSA) is 38.3 Å².